The normalized spacial score (nSPS) is 18.9. The van der Waals surface area contributed by atoms with Crippen LogP contribution in [-0.4, -0.2) is 52.5 Å². The minimum atomic E-state index is -1.89. The molecule has 1 saturated heterocycles. The maximum Gasteiger partial charge on any atom is 0.264 e. The van der Waals surface area contributed by atoms with E-state index < -0.39 is 17.4 Å². The van der Waals surface area contributed by atoms with E-state index in [4.69, 9.17) is 11.6 Å². The van der Waals surface area contributed by atoms with Crippen molar-refractivity contribution in [3.63, 3.8) is 0 Å². The van der Waals surface area contributed by atoms with E-state index in [9.17, 15) is 24.6 Å². The zero-order valence-electron chi connectivity index (χ0n) is 24.2. The fourth-order valence-electron chi connectivity index (χ4n) is 5.86. The maximum absolute atomic E-state index is 14.0. The fraction of sp³-hybridized carbons (Fsp3) is 0.324. The second kappa shape index (κ2) is 13.1. The summed E-state index contributed by atoms with van der Waals surface area (Å²) < 4.78 is 0. The van der Waals surface area contributed by atoms with E-state index >= 15 is 0 Å². The molecule has 2 aliphatic rings. The van der Waals surface area contributed by atoms with E-state index in [0.29, 0.717) is 35.8 Å². The van der Waals surface area contributed by atoms with Crippen molar-refractivity contribution in [2.45, 2.75) is 44.9 Å². The van der Waals surface area contributed by atoms with Gasteiger partial charge in [-0.1, -0.05) is 73.1 Å². The second-order valence-electron chi connectivity index (χ2n) is 11.1. The molecule has 3 amide bonds. The molecule has 5 rings (SSSR count). The number of anilines is 2. The Morgan fingerprint density at radius 1 is 1.07 bits per heavy atom. The first-order valence-corrected chi connectivity index (χ1v) is 14.9. The van der Waals surface area contributed by atoms with E-state index in [2.05, 4.69) is 0 Å². The number of halogens is 1. The highest BCUT2D eigenvalue weighted by atomic mass is 35.5. The third kappa shape index (κ3) is 6.37. The van der Waals surface area contributed by atoms with Gasteiger partial charge in [0.25, 0.3) is 5.91 Å². The minimum absolute atomic E-state index is 0.0512. The van der Waals surface area contributed by atoms with E-state index in [-0.39, 0.29) is 37.9 Å². The topological polar surface area (TPSA) is 101 Å². The Labute approximate surface area is 256 Å². The zero-order valence-corrected chi connectivity index (χ0v) is 24.9. The van der Waals surface area contributed by atoms with Crippen molar-refractivity contribution in [3.05, 3.63) is 107 Å². The fourth-order valence-corrected chi connectivity index (χ4v) is 6.03. The average Bonchev–Trinajstić information content (AvgIpc) is 3.53. The number of hydrogen-bond acceptors (Lipinski definition) is 5. The molecule has 8 nitrogen and oxygen atoms in total. The van der Waals surface area contributed by atoms with Crippen molar-refractivity contribution < 1.29 is 24.6 Å². The molecular weight excluding hydrogens is 566 g/mol. The van der Waals surface area contributed by atoms with Crippen molar-refractivity contribution in [2.75, 3.05) is 29.5 Å². The minimum Gasteiger partial charge on any atom is -0.395 e. The Morgan fingerprint density at radius 3 is 2.56 bits per heavy atom. The predicted molar refractivity (Wildman–Crippen MR) is 166 cm³/mol. The van der Waals surface area contributed by atoms with Crippen molar-refractivity contribution >= 4 is 40.7 Å². The number of aliphatic hydroxyl groups excluding tert-OH is 1. The van der Waals surface area contributed by atoms with Crippen LogP contribution in [0.25, 0.3) is 0 Å². The number of carbonyl (C=O) groups excluding carboxylic acids is 3. The first-order valence-electron chi connectivity index (χ1n) is 14.5. The molecule has 0 saturated carbocycles. The summed E-state index contributed by atoms with van der Waals surface area (Å²) >= 11 is 6.33. The lowest BCUT2D eigenvalue weighted by Crippen LogP contribution is -2.44. The first kappa shape index (κ1) is 30.5. The molecule has 43 heavy (non-hydrogen) atoms. The molecule has 2 aliphatic heterocycles. The summed E-state index contributed by atoms with van der Waals surface area (Å²) in [7, 11) is 0. The van der Waals surface area contributed by atoms with Gasteiger partial charge in [0.1, 0.15) is 0 Å². The summed E-state index contributed by atoms with van der Waals surface area (Å²) in [4.78, 5) is 44.2. The lowest BCUT2D eigenvalue weighted by Gasteiger charge is -2.28. The van der Waals surface area contributed by atoms with Crippen LogP contribution >= 0.6 is 11.6 Å². The van der Waals surface area contributed by atoms with Gasteiger partial charge >= 0.3 is 0 Å². The van der Waals surface area contributed by atoms with E-state index in [1.54, 1.807) is 52.0 Å². The van der Waals surface area contributed by atoms with Gasteiger partial charge in [-0.25, -0.2) is 0 Å². The van der Waals surface area contributed by atoms with E-state index in [1.807, 2.05) is 54.6 Å². The van der Waals surface area contributed by atoms with Crippen LogP contribution in [-0.2, 0) is 33.1 Å². The molecule has 224 valence electrons. The molecule has 0 bridgehead atoms. The van der Waals surface area contributed by atoms with Crippen molar-refractivity contribution in [2.24, 2.45) is 5.92 Å². The van der Waals surface area contributed by atoms with E-state index in [1.165, 1.54) is 0 Å². The van der Waals surface area contributed by atoms with Crippen LogP contribution in [0.4, 0.5) is 11.4 Å². The molecule has 2 atom stereocenters. The molecule has 0 aromatic heterocycles. The molecule has 3 aromatic rings. The molecule has 0 spiro atoms. The van der Waals surface area contributed by atoms with Crippen molar-refractivity contribution in [1.82, 2.24) is 4.90 Å². The lowest BCUT2D eigenvalue weighted by molar-refractivity contribution is -0.139. The molecule has 0 aliphatic carbocycles. The monoisotopic (exact) mass is 601 g/mol. The summed E-state index contributed by atoms with van der Waals surface area (Å²) in [6, 6.07) is 22.1. The van der Waals surface area contributed by atoms with Gasteiger partial charge in [0, 0.05) is 54.7 Å². The summed E-state index contributed by atoms with van der Waals surface area (Å²) in [5.41, 5.74) is 1.65. The van der Waals surface area contributed by atoms with Crippen LogP contribution in [0.15, 0.2) is 84.9 Å². The zero-order chi connectivity index (χ0) is 30.6. The highest BCUT2D eigenvalue weighted by Crippen LogP contribution is 2.46. The first-order chi connectivity index (χ1) is 20.7. The summed E-state index contributed by atoms with van der Waals surface area (Å²) in [5.74, 6) is -1.25. The lowest BCUT2D eigenvalue weighted by atomic mass is 9.83. The molecule has 1 fully saturated rings. The number of hydrogen-bond donors (Lipinski definition) is 2. The average molecular weight is 602 g/mol. The molecular formula is C34H36ClN3O5. The van der Waals surface area contributed by atoms with Crippen molar-refractivity contribution in [3.8, 4) is 0 Å². The van der Waals surface area contributed by atoms with Gasteiger partial charge in [-0.15, -0.1) is 0 Å². The van der Waals surface area contributed by atoms with Crippen LogP contribution in [0, 0.1) is 5.92 Å². The van der Waals surface area contributed by atoms with Crippen molar-refractivity contribution in [1.29, 1.82) is 0 Å². The van der Waals surface area contributed by atoms with Crippen LogP contribution in [0.5, 0.6) is 0 Å². The van der Waals surface area contributed by atoms with Gasteiger partial charge in [-0.3, -0.25) is 14.4 Å². The number of nitrogens with zero attached hydrogens (tertiary/aromatic N) is 3. The Morgan fingerprint density at radius 2 is 1.84 bits per heavy atom. The largest absolute Gasteiger partial charge is 0.395 e. The van der Waals surface area contributed by atoms with Gasteiger partial charge in [0.05, 0.1) is 18.8 Å². The Balaban J connectivity index is 1.34. The molecule has 2 heterocycles. The van der Waals surface area contributed by atoms with Gasteiger partial charge < -0.3 is 24.9 Å². The SMILES string of the molecule is C[C@@H](/C=C/CC(=O)N(CCO)Cc1ccccc1)[C@]1(O)C(=O)N(Cc2cccc(N3CCCC3=O)c2)c2ccc(Cl)cc21. The summed E-state index contributed by atoms with van der Waals surface area (Å²) in [5, 5.41) is 21.9. The summed E-state index contributed by atoms with van der Waals surface area (Å²) in [6.07, 6.45) is 4.74. The number of fused-ring (bicyclic) bond motifs is 1. The number of benzene rings is 3. The van der Waals surface area contributed by atoms with Gasteiger partial charge in [-0.05, 0) is 47.9 Å². The van der Waals surface area contributed by atoms with Crippen LogP contribution < -0.4 is 9.80 Å². The number of amides is 3. The number of aliphatic hydroxyl groups is 2. The van der Waals surface area contributed by atoms with Crippen LogP contribution in [0.2, 0.25) is 5.02 Å². The smallest absolute Gasteiger partial charge is 0.264 e. The second-order valence-corrected chi connectivity index (χ2v) is 11.5. The van der Waals surface area contributed by atoms with Gasteiger partial charge in [0.15, 0.2) is 5.60 Å². The summed E-state index contributed by atoms with van der Waals surface area (Å²) in [6.45, 7) is 3.03. The van der Waals surface area contributed by atoms with Crippen LogP contribution in [0.1, 0.15) is 42.9 Å². The molecule has 0 unspecified atom stereocenters. The molecule has 9 heteroatoms. The Hall–Kier alpha value is -3.98. The predicted octanol–water partition coefficient (Wildman–Crippen LogP) is 4.80. The number of carbonyl (C=O) groups is 3. The van der Waals surface area contributed by atoms with Gasteiger partial charge in [0.2, 0.25) is 11.8 Å². The highest BCUT2D eigenvalue weighted by Gasteiger charge is 2.52. The quantitative estimate of drug-likeness (QED) is 0.307. The molecule has 3 aromatic carbocycles. The van der Waals surface area contributed by atoms with E-state index in [0.717, 1.165) is 23.2 Å². The van der Waals surface area contributed by atoms with Gasteiger partial charge in [-0.2, -0.15) is 0 Å². The third-order valence-electron chi connectivity index (χ3n) is 8.18. The molecule has 0 radical (unpaired) electrons. The standard InChI is InChI=1S/C34H36ClN3O5/c1-24(8-5-13-31(40)36(18-19-39)22-25-9-3-2-4-10-25)34(43)29-21-27(35)15-16-30(29)38(33(34)42)23-26-11-6-12-28(20-26)37-17-7-14-32(37)41/h2-6,8-12,15-16,20-21,24,39,43H,7,13-14,17-19,22-23H2,1H3/b8-5+/t24-,34+/m0/s1. The Kier molecular flexibility index (Phi) is 9.30. The van der Waals surface area contributed by atoms with Crippen LogP contribution in [0.3, 0.4) is 0 Å². The highest BCUT2D eigenvalue weighted by molar-refractivity contribution is 6.31. The maximum atomic E-state index is 14.0. The number of rotatable bonds is 11. The Bertz CT molecular complexity index is 1530. The molecule has 2 N–H and O–H groups in total. The third-order valence-corrected chi connectivity index (χ3v) is 8.42.